The molecule has 0 atom stereocenters. The van der Waals surface area contributed by atoms with E-state index >= 15 is 0 Å². The highest BCUT2D eigenvalue weighted by Gasteiger charge is 2.19. The van der Waals surface area contributed by atoms with Crippen LogP contribution >= 0.6 is 0 Å². The summed E-state index contributed by atoms with van der Waals surface area (Å²) in [5, 5.41) is 1.97. The van der Waals surface area contributed by atoms with Crippen LogP contribution in [0.4, 0.5) is 28.7 Å². The first-order valence-corrected chi connectivity index (χ1v) is 11.9. The van der Waals surface area contributed by atoms with Crippen LogP contribution in [-0.2, 0) is 13.1 Å². The topological polar surface area (TPSA) is 70.3 Å². The summed E-state index contributed by atoms with van der Waals surface area (Å²) in [6.07, 6.45) is 1.56. The number of nitrogens with zero attached hydrogens (tertiary/aromatic N) is 4. The molecule has 5 aromatic rings. The van der Waals surface area contributed by atoms with Crippen molar-refractivity contribution in [2.24, 2.45) is 0 Å². The molecule has 3 N–H and O–H groups in total. The van der Waals surface area contributed by atoms with Gasteiger partial charge >= 0.3 is 0 Å². The predicted octanol–water partition coefficient (Wildman–Crippen LogP) is 6.43. The molecule has 1 aromatic heterocycles. The molecule has 0 spiro atoms. The zero-order chi connectivity index (χ0) is 24.6. The Morgan fingerprint density at radius 1 is 0.583 bits per heavy atom. The van der Waals surface area contributed by atoms with Crippen molar-refractivity contribution < 1.29 is 0 Å². The van der Waals surface area contributed by atoms with E-state index in [1.807, 2.05) is 102 Å². The quantitative estimate of drug-likeness (QED) is 0.241. The lowest BCUT2D eigenvalue weighted by Gasteiger charge is -2.29. The summed E-state index contributed by atoms with van der Waals surface area (Å²) in [5.74, 6) is 1.22. The Morgan fingerprint density at radius 3 is 1.50 bits per heavy atom. The molecule has 0 aliphatic carbocycles. The molecule has 4 aromatic carbocycles. The predicted molar refractivity (Wildman–Crippen MR) is 148 cm³/mol. The van der Waals surface area contributed by atoms with Crippen LogP contribution < -0.4 is 21.1 Å². The van der Waals surface area contributed by atoms with E-state index in [1.54, 1.807) is 6.33 Å². The van der Waals surface area contributed by atoms with Gasteiger partial charge in [-0.15, -0.1) is 0 Å². The van der Waals surface area contributed by atoms with Crippen molar-refractivity contribution >= 4 is 28.7 Å². The minimum absolute atomic E-state index is 0.487. The highest BCUT2D eigenvalue weighted by Crippen LogP contribution is 2.32. The Bertz CT molecular complexity index is 1280. The van der Waals surface area contributed by atoms with Gasteiger partial charge in [0.2, 0.25) is 0 Å². The fraction of sp³-hybridized carbons (Fsp3) is 0.0667. The highest BCUT2D eigenvalue weighted by molar-refractivity contribution is 5.78. The number of benzene rings is 4. The molecule has 36 heavy (non-hydrogen) atoms. The van der Waals surface area contributed by atoms with Crippen LogP contribution in [0.1, 0.15) is 11.1 Å². The lowest BCUT2D eigenvalue weighted by molar-refractivity contribution is 0.782. The Kier molecular flexibility index (Phi) is 7.04. The highest BCUT2D eigenvalue weighted by atomic mass is 15.5. The molecule has 6 heteroatoms. The lowest BCUT2D eigenvalue weighted by atomic mass is 10.1. The first-order chi connectivity index (χ1) is 17.8. The Hall–Kier alpha value is -4.84. The number of nitrogens with one attached hydrogen (secondary N) is 1. The molecule has 0 saturated heterocycles. The van der Waals surface area contributed by atoms with Gasteiger partial charge in [0.1, 0.15) is 12.0 Å². The van der Waals surface area contributed by atoms with Crippen LogP contribution in [0.2, 0.25) is 0 Å². The van der Waals surface area contributed by atoms with Crippen LogP contribution in [-0.4, -0.2) is 9.97 Å². The number of rotatable bonds is 9. The van der Waals surface area contributed by atoms with E-state index in [2.05, 4.69) is 44.6 Å². The van der Waals surface area contributed by atoms with Gasteiger partial charge in [-0.05, 0) is 35.4 Å². The van der Waals surface area contributed by atoms with Gasteiger partial charge < -0.3 is 10.6 Å². The third kappa shape index (κ3) is 5.45. The molecule has 0 fully saturated rings. The maximum absolute atomic E-state index is 6.74. The molecule has 0 amide bonds. The second-order valence-corrected chi connectivity index (χ2v) is 8.41. The van der Waals surface area contributed by atoms with Crippen LogP contribution in [0, 0.1) is 0 Å². The first kappa shape index (κ1) is 22.9. The van der Waals surface area contributed by atoms with Gasteiger partial charge in [-0.3, -0.25) is 10.4 Å². The molecule has 0 aliphatic rings. The summed E-state index contributed by atoms with van der Waals surface area (Å²) in [7, 11) is 0. The molecular formula is C30H28N6. The van der Waals surface area contributed by atoms with Crippen molar-refractivity contribution in [2.75, 3.05) is 21.1 Å². The van der Waals surface area contributed by atoms with Gasteiger partial charge in [0.25, 0.3) is 0 Å². The summed E-state index contributed by atoms with van der Waals surface area (Å²) in [6, 6.07) is 40.8. The van der Waals surface area contributed by atoms with Crippen LogP contribution in [0.5, 0.6) is 0 Å². The molecule has 0 unspecified atom stereocenters. The lowest BCUT2D eigenvalue weighted by Crippen LogP contribution is -2.28. The summed E-state index contributed by atoms with van der Waals surface area (Å²) in [6.45, 7) is 1.33. The standard InChI is InChI=1S/C30H28N6/c31-28-29(34-36(26-17-9-3-10-18-26)27-19-11-4-12-20-27)32-23-33-30(28)35(21-24-13-5-1-6-14-24)22-25-15-7-2-8-16-25/h1-20,23H,21-22,31H2,(H,32,33,34). The van der Waals surface area contributed by atoms with Crippen molar-refractivity contribution in [3.63, 3.8) is 0 Å². The van der Waals surface area contributed by atoms with Crippen molar-refractivity contribution in [3.05, 3.63) is 139 Å². The van der Waals surface area contributed by atoms with E-state index in [0.29, 0.717) is 30.4 Å². The van der Waals surface area contributed by atoms with Crippen LogP contribution in [0.3, 0.4) is 0 Å². The van der Waals surface area contributed by atoms with Gasteiger partial charge in [-0.1, -0.05) is 97.1 Å². The average Bonchev–Trinajstić information content (AvgIpc) is 2.94. The molecule has 0 saturated carbocycles. The zero-order valence-electron chi connectivity index (χ0n) is 19.9. The number of aromatic nitrogens is 2. The SMILES string of the molecule is Nc1c(NN(c2ccccc2)c2ccccc2)ncnc1N(Cc1ccccc1)Cc1ccccc1. The Balaban J connectivity index is 1.50. The van der Waals surface area contributed by atoms with Gasteiger partial charge in [0.15, 0.2) is 11.6 Å². The van der Waals surface area contributed by atoms with Crippen LogP contribution in [0.25, 0.3) is 0 Å². The normalized spacial score (nSPS) is 10.6. The third-order valence-electron chi connectivity index (χ3n) is 5.84. The first-order valence-electron chi connectivity index (χ1n) is 11.9. The number of hydrogen-bond donors (Lipinski definition) is 2. The Labute approximate surface area is 211 Å². The number of nitrogen functional groups attached to an aromatic ring is 1. The molecular weight excluding hydrogens is 444 g/mol. The number of hydrazine groups is 1. The van der Waals surface area contributed by atoms with Gasteiger partial charge in [-0.25, -0.2) is 9.97 Å². The zero-order valence-corrected chi connectivity index (χ0v) is 19.9. The van der Waals surface area contributed by atoms with E-state index in [-0.39, 0.29) is 0 Å². The monoisotopic (exact) mass is 472 g/mol. The van der Waals surface area contributed by atoms with Crippen molar-refractivity contribution in [3.8, 4) is 0 Å². The fourth-order valence-corrected chi connectivity index (χ4v) is 4.08. The average molecular weight is 473 g/mol. The van der Waals surface area contributed by atoms with E-state index in [9.17, 15) is 0 Å². The molecule has 178 valence electrons. The van der Waals surface area contributed by atoms with Crippen LogP contribution in [0.15, 0.2) is 128 Å². The Morgan fingerprint density at radius 2 is 1.03 bits per heavy atom. The van der Waals surface area contributed by atoms with Gasteiger partial charge in [0.05, 0.1) is 11.4 Å². The van der Waals surface area contributed by atoms with E-state index < -0.39 is 0 Å². The summed E-state index contributed by atoms with van der Waals surface area (Å²) in [4.78, 5) is 11.3. The molecule has 6 nitrogen and oxygen atoms in total. The summed E-state index contributed by atoms with van der Waals surface area (Å²) < 4.78 is 0. The van der Waals surface area contributed by atoms with Crippen molar-refractivity contribution in [2.45, 2.75) is 13.1 Å². The minimum atomic E-state index is 0.487. The maximum atomic E-state index is 6.74. The maximum Gasteiger partial charge on any atom is 0.173 e. The van der Waals surface area contributed by atoms with Gasteiger partial charge in [0, 0.05) is 13.1 Å². The van der Waals surface area contributed by atoms with E-state index in [4.69, 9.17) is 5.73 Å². The number of anilines is 5. The molecule has 0 bridgehead atoms. The summed E-state index contributed by atoms with van der Waals surface area (Å²) >= 11 is 0. The molecule has 1 heterocycles. The molecule has 5 rings (SSSR count). The third-order valence-corrected chi connectivity index (χ3v) is 5.84. The number of para-hydroxylation sites is 2. The second kappa shape index (κ2) is 11.1. The van der Waals surface area contributed by atoms with Crippen molar-refractivity contribution in [1.82, 2.24) is 9.97 Å². The largest absolute Gasteiger partial charge is 0.393 e. The van der Waals surface area contributed by atoms with Crippen molar-refractivity contribution in [1.29, 1.82) is 0 Å². The minimum Gasteiger partial charge on any atom is -0.393 e. The molecule has 0 radical (unpaired) electrons. The van der Waals surface area contributed by atoms with E-state index in [0.717, 1.165) is 11.4 Å². The van der Waals surface area contributed by atoms with Gasteiger partial charge in [-0.2, -0.15) is 0 Å². The number of nitrogens with two attached hydrogens (primary N) is 1. The van der Waals surface area contributed by atoms with E-state index in [1.165, 1.54) is 11.1 Å². The molecule has 0 aliphatic heterocycles. The smallest absolute Gasteiger partial charge is 0.173 e. The fourth-order valence-electron chi connectivity index (χ4n) is 4.08. The second-order valence-electron chi connectivity index (χ2n) is 8.41. The number of hydrogen-bond acceptors (Lipinski definition) is 6. The summed E-state index contributed by atoms with van der Waals surface area (Å²) in [5.41, 5.74) is 14.9.